The van der Waals surface area contributed by atoms with Crippen LogP contribution >= 0.6 is 0 Å². The molecule has 172 valence electrons. The zero-order chi connectivity index (χ0) is 23.6. The van der Waals surface area contributed by atoms with Crippen LogP contribution in [0.4, 0.5) is 11.4 Å². The Kier molecular flexibility index (Phi) is 4.69. The summed E-state index contributed by atoms with van der Waals surface area (Å²) < 4.78 is 4.97. The first-order valence-corrected chi connectivity index (χ1v) is 11.7. The van der Waals surface area contributed by atoms with Gasteiger partial charge < -0.3 is 10.1 Å². The van der Waals surface area contributed by atoms with Gasteiger partial charge in [-0.2, -0.15) is 0 Å². The maximum absolute atomic E-state index is 13.3. The van der Waals surface area contributed by atoms with Crippen LogP contribution < -0.4 is 10.2 Å². The van der Waals surface area contributed by atoms with E-state index in [-0.39, 0.29) is 48.0 Å². The third-order valence-corrected chi connectivity index (χ3v) is 7.68. The van der Waals surface area contributed by atoms with E-state index in [2.05, 4.69) is 17.5 Å². The molecule has 0 spiro atoms. The van der Waals surface area contributed by atoms with E-state index in [4.69, 9.17) is 4.74 Å². The number of nitrogens with one attached hydrogen (secondary N) is 1. The quantitative estimate of drug-likeness (QED) is 0.421. The molecule has 3 amide bonds. The minimum atomic E-state index is -0.422. The molecule has 7 nitrogen and oxygen atoms in total. The molecule has 1 heterocycles. The SMILES string of the molecule is CCOC(=O)c1ccc(NC(=O)c2cccc(N3C(=O)[C@@H]4[C@H]5C=C[C@H]([C@H]6C[C@H]56)[C@@H]4C3=O)c2)cc1. The average Bonchev–Trinajstić information content (AvgIpc) is 3.63. The van der Waals surface area contributed by atoms with Gasteiger partial charge in [0.1, 0.15) is 0 Å². The maximum atomic E-state index is 13.3. The lowest BCUT2D eigenvalue weighted by molar-refractivity contribution is -0.124. The summed E-state index contributed by atoms with van der Waals surface area (Å²) in [6.45, 7) is 2.03. The first kappa shape index (κ1) is 20.8. The van der Waals surface area contributed by atoms with Gasteiger partial charge in [0.15, 0.2) is 0 Å². The van der Waals surface area contributed by atoms with Gasteiger partial charge in [0.25, 0.3) is 5.91 Å². The molecule has 6 atom stereocenters. The number of allylic oxidation sites excluding steroid dienone is 2. The predicted molar refractivity (Wildman–Crippen MR) is 124 cm³/mol. The molecule has 2 bridgehead atoms. The first-order chi connectivity index (χ1) is 16.5. The van der Waals surface area contributed by atoms with Crippen molar-refractivity contribution in [1.29, 1.82) is 0 Å². The second-order valence-electron chi connectivity index (χ2n) is 9.47. The highest BCUT2D eigenvalue weighted by molar-refractivity contribution is 6.23. The fourth-order valence-electron chi connectivity index (χ4n) is 6.11. The summed E-state index contributed by atoms with van der Waals surface area (Å²) in [6.07, 6.45) is 5.41. The smallest absolute Gasteiger partial charge is 0.338 e. The fourth-order valence-corrected chi connectivity index (χ4v) is 6.11. The van der Waals surface area contributed by atoms with Gasteiger partial charge in [0.05, 0.1) is 29.7 Å². The number of carbonyl (C=O) groups excluding carboxylic acids is 4. The molecule has 0 radical (unpaired) electrons. The highest BCUT2D eigenvalue weighted by Gasteiger charge is 2.67. The van der Waals surface area contributed by atoms with Gasteiger partial charge in [0, 0.05) is 11.3 Å². The number of rotatable bonds is 5. The zero-order valence-electron chi connectivity index (χ0n) is 18.6. The summed E-state index contributed by atoms with van der Waals surface area (Å²) in [5.41, 5.74) is 1.69. The number of amides is 3. The number of imide groups is 1. The van der Waals surface area contributed by atoms with Crippen molar-refractivity contribution >= 4 is 35.1 Å². The Bertz CT molecular complexity index is 1210. The van der Waals surface area contributed by atoms with Crippen molar-refractivity contribution < 1.29 is 23.9 Å². The molecule has 3 fully saturated rings. The minimum absolute atomic E-state index is 0.146. The number of benzene rings is 2. The summed E-state index contributed by atoms with van der Waals surface area (Å²) in [5.74, 6) is -0.238. The summed E-state index contributed by atoms with van der Waals surface area (Å²) in [7, 11) is 0. The number of hydrogen-bond donors (Lipinski definition) is 1. The fraction of sp³-hybridized carbons (Fsp3) is 0.333. The molecule has 1 aliphatic heterocycles. The van der Waals surface area contributed by atoms with E-state index in [9.17, 15) is 19.2 Å². The van der Waals surface area contributed by atoms with Crippen molar-refractivity contribution in [3.63, 3.8) is 0 Å². The highest BCUT2D eigenvalue weighted by atomic mass is 16.5. The van der Waals surface area contributed by atoms with Crippen molar-refractivity contribution in [1.82, 2.24) is 0 Å². The van der Waals surface area contributed by atoms with Crippen LogP contribution in [0.1, 0.15) is 34.1 Å². The second-order valence-corrected chi connectivity index (χ2v) is 9.47. The van der Waals surface area contributed by atoms with Crippen LogP contribution in [0.25, 0.3) is 0 Å². The molecule has 4 aliphatic carbocycles. The van der Waals surface area contributed by atoms with E-state index >= 15 is 0 Å². The summed E-state index contributed by atoms with van der Waals surface area (Å²) in [5, 5.41) is 2.79. The first-order valence-electron chi connectivity index (χ1n) is 11.7. The Balaban J connectivity index is 1.20. The van der Waals surface area contributed by atoms with Crippen LogP contribution in [-0.2, 0) is 14.3 Å². The van der Waals surface area contributed by atoms with E-state index < -0.39 is 5.97 Å². The molecule has 1 saturated heterocycles. The molecule has 0 unspecified atom stereocenters. The van der Waals surface area contributed by atoms with Gasteiger partial charge in [-0.25, -0.2) is 9.69 Å². The Morgan fingerprint density at radius 1 is 0.941 bits per heavy atom. The van der Waals surface area contributed by atoms with Crippen molar-refractivity contribution in [2.24, 2.45) is 35.5 Å². The Hall–Kier alpha value is -3.74. The molecule has 34 heavy (non-hydrogen) atoms. The summed E-state index contributed by atoms with van der Waals surface area (Å²) in [6, 6.07) is 13.0. The molecular weight excluding hydrogens is 432 g/mol. The molecule has 2 aromatic carbocycles. The molecule has 7 heteroatoms. The predicted octanol–water partition coefficient (Wildman–Crippen LogP) is 3.67. The largest absolute Gasteiger partial charge is 0.462 e. The molecular formula is C27H24N2O5. The number of anilines is 2. The van der Waals surface area contributed by atoms with Crippen LogP contribution in [0, 0.1) is 35.5 Å². The van der Waals surface area contributed by atoms with Crippen molar-refractivity contribution in [2.75, 3.05) is 16.8 Å². The second kappa shape index (κ2) is 7.65. The standard InChI is InChI=1S/C27H24N2O5/c1-2-34-27(33)14-6-8-16(9-7-14)28-24(30)15-4-3-5-17(12-15)29-25(31)22-18-10-11-19(21-13-20(18)21)23(22)26(29)32/h3-12,18-23H,2,13H2,1H3,(H,28,30)/t18-,19+,20-,21-,22+,23-/m1/s1. The molecule has 0 aromatic heterocycles. The van der Waals surface area contributed by atoms with Gasteiger partial charge in [-0.1, -0.05) is 18.2 Å². The van der Waals surface area contributed by atoms with E-state index in [0.29, 0.717) is 34.3 Å². The Labute approximate surface area is 196 Å². The summed E-state index contributed by atoms with van der Waals surface area (Å²) in [4.78, 5) is 52.7. The maximum Gasteiger partial charge on any atom is 0.338 e. The van der Waals surface area contributed by atoms with Gasteiger partial charge in [-0.3, -0.25) is 14.4 Å². The van der Waals surface area contributed by atoms with Crippen LogP contribution in [-0.4, -0.2) is 30.3 Å². The summed E-state index contributed by atoms with van der Waals surface area (Å²) >= 11 is 0. The average molecular weight is 456 g/mol. The lowest BCUT2D eigenvalue weighted by atomic mass is 9.63. The van der Waals surface area contributed by atoms with Crippen LogP contribution in [0.5, 0.6) is 0 Å². The monoisotopic (exact) mass is 456 g/mol. The number of carbonyl (C=O) groups is 4. The highest BCUT2D eigenvalue weighted by Crippen LogP contribution is 2.65. The van der Waals surface area contributed by atoms with Crippen molar-refractivity contribution in [2.45, 2.75) is 13.3 Å². The van der Waals surface area contributed by atoms with Crippen LogP contribution in [0.3, 0.4) is 0 Å². The minimum Gasteiger partial charge on any atom is -0.462 e. The van der Waals surface area contributed by atoms with E-state index in [1.807, 2.05) is 0 Å². The lowest BCUT2D eigenvalue weighted by Gasteiger charge is -2.37. The van der Waals surface area contributed by atoms with Crippen molar-refractivity contribution in [3.8, 4) is 0 Å². The topological polar surface area (TPSA) is 92.8 Å². The van der Waals surface area contributed by atoms with Gasteiger partial charge >= 0.3 is 5.97 Å². The van der Waals surface area contributed by atoms with E-state index in [1.165, 1.54) is 4.90 Å². The molecule has 1 N–H and O–H groups in total. The molecule has 2 aromatic rings. The van der Waals surface area contributed by atoms with E-state index in [0.717, 1.165) is 6.42 Å². The van der Waals surface area contributed by atoms with Gasteiger partial charge in [0.2, 0.25) is 11.8 Å². The molecule has 7 rings (SSSR count). The number of esters is 1. The van der Waals surface area contributed by atoms with Gasteiger partial charge in [-0.15, -0.1) is 0 Å². The lowest BCUT2D eigenvalue weighted by Crippen LogP contribution is -2.40. The molecule has 2 saturated carbocycles. The zero-order valence-corrected chi connectivity index (χ0v) is 18.6. The van der Waals surface area contributed by atoms with Crippen LogP contribution in [0.2, 0.25) is 0 Å². The Morgan fingerprint density at radius 3 is 2.21 bits per heavy atom. The number of ether oxygens (including phenoxy) is 1. The van der Waals surface area contributed by atoms with Crippen LogP contribution in [0.15, 0.2) is 60.7 Å². The van der Waals surface area contributed by atoms with Gasteiger partial charge in [-0.05, 0) is 79.5 Å². The Morgan fingerprint density at radius 2 is 1.59 bits per heavy atom. The van der Waals surface area contributed by atoms with E-state index in [1.54, 1.807) is 55.5 Å². The third kappa shape index (κ3) is 3.10. The number of nitrogens with zero attached hydrogens (tertiary/aromatic N) is 1. The molecule has 5 aliphatic rings. The normalized spacial score (nSPS) is 30.1. The third-order valence-electron chi connectivity index (χ3n) is 7.68. The van der Waals surface area contributed by atoms with Crippen molar-refractivity contribution in [3.05, 3.63) is 71.8 Å². The number of hydrogen-bond acceptors (Lipinski definition) is 5.